The first kappa shape index (κ1) is 22.6. The predicted octanol–water partition coefficient (Wildman–Crippen LogP) is 3.24. The van der Waals surface area contributed by atoms with Crippen molar-refractivity contribution < 1.29 is 53.8 Å². The molecule has 61 valence electrons. The van der Waals surface area contributed by atoms with E-state index < -0.39 is 0 Å². The molecular weight excluding hydrogens is 369 g/mol. The average Bonchev–Trinajstić information content (AvgIpc) is 1.25. The Morgan fingerprint density at radius 3 is 0.600 bits per heavy atom. The van der Waals surface area contributed by atoms with Crippen LogP contribution in [0.25, 0.3) is 0 Å². The molecule has 0 amide bonds. The van der Waals surface area contributed by atoms with E-state index in [9.17, 15) is 0 Å². The number of hydrogen-bond acceptors (Lipinski definition) is 0. The molecule has 0 rings (SSSR count). The van der Waals surface area contributed by atoms with Crippen LogP contribution in [0, 0.1) is 11.8 Å². The largest absolute Gasteiger partial charge is 0.323 e. The van der Waals surface area contributed by atoms with Crippen molar-refractivity contribution >= 4 is 0 Å². The zero-order valence-corrected chi connectivity index (χ0v) is 13.8. The van der Waals surface area contributed by atoms with E-state index in [1.165, 1.54) is 11.8 Å². The van der Waals surface area contributed by atoms with Crippen LogP contribution in [0.15, 0.2) is 0 Å². The fourth-order valence-corrected chi connectivity index (χ4v) is 0. The molecular formula is C8H18WY-2. The Kier molecular flexibility index (Phi) is 38.6. The monoisotopic (exact) mass is 387 g/mol. The fourth-order valence-electron chi connectivity index (χ4n) is 0. The van der Waals surface area contributed by atoms with Crippen molar-refractivity contribution in [2.75, 3.05) is 0 Å². The van der Waals surface area contributed by atoms with Crippen LogP contribution in [0.3, 0.4) is 0 Å². The fraction of sp³-hybridized carbons (Fsp3) is 0.750. The van der Waals surface area contributed by atoms with Gasteiger partial charge in [-0.1, -0.05) is 0 Å². The quantitative estimate of drug-likeness (QED) is 0.561. The Bertz CT molecular complexity index is 24.7. The van der Waals surface area contributed by atoms with Crippen LogP contribution >= 0.6 is 0 Å². The molecule has 0 heterocycles. The normalized spacial score (nSPS) is 7.20. The Balaban J connectivity index is -0.0000000300. The molecule has 0 saturated carbocycles. The summed E-state index contributed by atoms with van der Waals surface area (Å²) in [6.07, 6.45) is 0. The van der Waals surface area contributed by atoms with Gasteiger partial charge in [0.2, 0.25) is 0 Å². The molecule has 2 heteroatoms. The van der Waals surface area contributed by atoms with E-state index in [1.54, 1.807) is 0 Å². The summed E-state index contributed by atoms with van der Waals surface area (Å²) in [5.74, 6) is 2.83. The van der Waals surface area contributed by atoms with Crippen LogP contribution in [-0.4, -0.2) is 0 Å². The molecule has 1 radical (unpaired) electrons. The first-order valence-corrected chi connectivity index (χ1v) is 3.00. The van der Waals surface area contributed by atoms with Crippen LogP contribution in [0.2, 0.25) is 0 Å². The van der Waals surface area contributed by atoms with Crippen LogP contribution < -0.4 is 0 Å². The summed E-state index contributed by atoms with van der Waals surface area (Å²) in [6, 6.07) is 0. The summed E-state index contributed by atoms with van der Waals surface area (Å²) in [5.41, 5.74) is 0. The maximum Gasteiger partial charge on any atom is 0 e. The minimum atomic E-state index is 0. The molecule has 0 nitrogen and oxygen atoms in total. The van der Waals surface area contributed by atoms with E-state index in [0.717, 1.165) is 0 Å². The molecule has 0 aromatic carbocycles. The summed E-state index contributed by atoms with van der Waals surface area (Å²) < 4.78 is 0. The summed E-state index contributed by atoms with van der Waals surface area (Å²) in [6.45, 7) is 12.5. The van der Waals surface area contributed by atoms with Crippen molar-refractivity contribution in [1.82, 2.24) is 0 Å². The van der Waals surface area contributed by atoms with Gasteiger partial charge >= 0.3 is 0 Å². The van der Waals surface area contributed by atoms with Gasteiger partial charge in [-0.2, -0.15) is 41.5 Å². The summed E-state index contributed by atoms with van der Waals surface area (Å²) in [4.78, 5) is 0. The van der Waals surface area contributed by atoms with Crippen LogP contribution in [-0.2, 0) is 53.8 Å². The SMILES string of the molecule is C[C-](C)C.C[C-](C)C.[W].[Y]. The van der Waals surface area contributed by atoms with Crippen molar-refractivity contribution in [3.8, 4) is 0 Å². The van der Waals surface area contributed by atoms with E-state index in [-0.39, 0.29) is 53.8 Å². The number of hydrogen-bond donors (Lipinski definition) is 0. The van der Waals surface area contributed by atoms with Crippen molar-refractivity contribution in [2.45, 2.75) is 41.5 Å². The van der Waals surface area contributed by atoms with Crippen molar-refractivity contribution in [2.24, 2.45) is 0 Å². The van der Waals surface area contributed by atoms with E-state index in [4.69, 9.17) is 0 Å². The Hall–Kier alpha value is 1.79. The molecule has 0 aliphatic heterocycles. The Morgan fingerprint density at radius 1 is 0.600 bits per heavy atom. The molecule has 10 heavy (non-hydrogen) atoms. The summed E-state index contributed by atoms with van der Waals surface area (Å²) in [5, 5.41) is 0. The van der Waals surface area contributed by atoms with Gasteiger partial charge in [-0.15, -0.1) is 0 Å². The van der Waals surface area contributed by atoms with Crippen LogP contribution in [0.4, 0.5) is 0 Å². The second-order valence-corrected chi connectivity index (χ2v) is 3.00. The standard InChI is InChI=1S/2C4H9.W.Y/c2*1-4(2)3;;/h2*1-3H3;;/q2*-1;;. The first-order chi connectivity index (χ1) is 3.46. The van der Waals surface area contributed by atoms with Crippen molar-refractivity contribution in [3.05, 3.63) is 11.8 Å². The van der Waals surface area contributed by atoms with Gasteiger partial charge in [-0.3, -0.25) is 0 Å². The maximum absolute atomic E-state index is 2.08. The third-order valence-electron chi connectivity index (χ3n) is 0. The topological polar surface area (TPSA) is 0 Å². The molecule has 0 bridgehead atoms. The molecule has 0 fully saturated rings. The first-order valence-electron chi connectivity index (χ1n) is 3.00. The molecule has 0 spiro atoms. The second kappa shape index (κ2) is 17.0. The minimum Gasteiger partial charge on any atom is -0.323 e. The van der Waals surface area contributed by atoms with E-state index in [2.05, 4.69) is 41.5 Å². The molecule has 0 aliphatic rings. The molecule has 0 N–H and O–H groups in total. The molecule has 0 unspecified atom stereocenters. The van der Waals surface area contributed by atoms with Gasteiger partial charge in [0.05, 0.1) is 0 Å². The van der Waals surface area contributed by atoms with Gasteiger partial charge in [-0.25, -0.2) is 0 Å². The van der Waals surface area contributed by atoms with Gasteiger partial charge in [0.15, 0.2) is 0 Å². The third kappa shape index (κ3) is 236. The average molecular weight is 387 g/mol. The van der Waals surface area contributed by atoms with E-state index in [1.807, 2.05) is 0 Å². The predicted molar refractivity (Wildman–Crippen MR) is 40.5 cm³/mol. The molecule has 0 aromatic rings. The maximum atomic E-state index is 2.08. The van der Waals surface area contributed by atoms with Crippen LogP contribution in [0.1, 0.15) is 41.5 Å². The van der Waals surface area contributed by atoms with Gasteiger partial charge in [0, 0.05) is 53.8 Å². The molecule has 0 saturated heterocycles. The summed E-state index contributed by atoms with van der Waals surface area (Å²) >= 11 is 0. The van der Waals surface area contributed by atoms with E-state index >= 15 is 0 Å². The van der Waals surface area contributed by atoms with Gasteiger partial charge in [-0.05, 0) is 0 Å². The Morgan fingerprint density at radius 2 is 0.600 bits per heavy atom. The number of rotatable bonds is 0. The van der Waals surface area contributed by atoms with Gasteiger partial charge in [0.25, 0.3) is 0 Å². The van der Waals surface area contributed by atoms with Gasteiger partial charge < -0.3 is 11.8 Å². The van der Waals surface area contributed by atoms with E-state index in [0.29, 0.717) is 0 Å². The Labute approximate surface area is 106 Å². The third-order valence-corrected chi connectivity index (χ3v) is 0. The molecule has 0 aromatic heterocycles. The molecule has 0 atom stereocenters. The van der Waals surface area contributed by atoms with Crippen molar-refractivity contribution in [1.29, 1.82) is 0 Å². The molecule has 0 aliphatic carbocycles. The zero-order chi connectivity index (χ0) is 7.15. The zero-order valence-electron chi connectivity index (χ0n) is 7.99. The van der Waals surface area contributed by atoms with Crippen LogP contribution in [0.5, 0.6) is 0 Å². The summed E-state index contributed by atoms with van der Waals surface area (Å²) in [7, 11) is 0. The minimum absolute atomic E-state index is 0. The second-order valence-electron chi connectivity index (χ2n) is 3.00. The van der Waals surface area contributed by atoms with Crippen molar-refractivity contribution in [3.63, 3.8) is 0 Å². The van der Waals surface area contributed by atoms with Gasteiger partial charge in [0.1, 0.15) is 0 Å². The smallest absolute Gasteiger partial charge is 0 e.